The van der Waals surface area contributed by atoms with E-state index in [-0.39, 0.29) is 0 Å². The third kappa shape index (κ3) is 0.991. The van der Waals surface area contributed by atoms with Gasteiger partial charge in [-0.15, -0.1) is 0 Å². The van der Waals surface area contributed by atoms with E-state index >= 15 is 0 Å². The van der Waals surface area contributed by atoms with Crippen molar-refractivity contribution in [3.63, 3.8) is 0 Å². The second kappa shape index (κ2) is 2.40. The molecule has 0 amide bonds. The topological polar surface area (TPSA) is 13.1 Å². The Hall–Kier alpha value is -0.720. The van der Waals surface area contributed by atoms with Crippen molar-refractivity contribution in [3.05, 3.63) is 23.2 Å². The summed E-state index contributed by atoms with van der Waals surface area (Å²) in [5.74, 6) is 1.96. The van der Waals surface area contributed by atoms with Gasteiger partial charge < -0.3 is 4.42 Å². The summed E-state index contributed by atoms with van der Waals surface area (Å²) in [6, 6.07) is 0. The van der Waals surface area contributed by atoms with Crippen LogP contribution in [0.3, 0.4) is 0 Å². The van der Waals surface area contributed by atoms with E-state index in [2.05, 4.69) is 13.8 Å². The Morgan fingerprint density at radius 2 is 2.36 bits per heavy atom. The maximum atomic E-state index is 5.46. The molecule has 1 aliphatic rings. The van der Waals surface area contributed by atoms with Gasteiger partial charge in [0.1, 0.15) is 5.76 Å². The lowest BCUT2D eigenvalue weighted by Gasteiger charge is -2.17. The van der Waals surface area contributed by atoms with Crippen LogP contribution >= 0.6 is 0 Å². The molecule has 1 unspecified atom stereocenters. The highest BCUT2D eigenvalue weighted by molar-refractivity contribution is 5.31. The van der Waals surface area contributed by atoms with Crippen LogP contribution < -0.4 is 0 Å². The molecule has 60 valence electrons. The molecule has 1 aromatic rings. The van der Waals surface area contributed by atoms with E-state index in [1.165, 1.54) is 29.7 Å². The van der Waals surface area contributed by atoms with Crippen molar-refractivity contribution in [1.82, 2.24) is 0 Å². The minimum atomic E-state index is 0.720. The molecule has 2 rings (SSSR count). The summed E-state index contributed by atoms with van der Waals surface area (Å²) in [5, 5.41) is 0. The fourth-order valence-corrected chi connectivity index (χ4v) is 2.08. The van der Waals surface area contributed by atoms with Crippen molar-refractivity contribution in [2.24, 2.45) is 0 Å². The predicted molar refractivity (Wildman–Crippen MR) is 44.8 cm³/mol. The highest BCUT2D eigenvalue weighted by Gasteiger charge is 2.20. The Morgan fingerprint density at radius 3 is 3.09 bits per heavy atom. The zero-order valence-corrected chi connectivity index (χ0v) is 7.18. The molecule has 0 fully saturated rings. The molecule has 1 heterocycles. The molecular weight excluding hydrogens is 136 g/mol. The van der Waals surface area contributed by atoms with Crippen molar-refractivity contribution in [2.45, 2.75) is 39.0 Å². The fraction of sp³-hybridized carbons (Fsp3) is 0.600. The average Bonchev–Trinajstić information content (AvgIpc) is 2.34. The highest BCUT2D eigenvalue weighted by Crippen LogP contribution is 2.34. The van der Waals surface area contributed by atoms with Crippen LogP contribution in [0.15, 0.2) is 10.7 Å². The Balaban J connectivity index is 2.48. The van der Waals surface area contributed by atoms with E-state index < -0.39 is 0 Å². The lowest BCUT2D eigenvalue weighted by molar-refractivity contribution is 0.459. The number of rotatable bonds is 0. The number of hydrogen-bond donors (Lipinski definition) is 0. The molecule has 0 radical (unpaired) electrons. The van der Waals surface area contributed by atoms with Gasteiger partial charge >= 0.3 is 0 Å². The number of aryl methyl sites for hydroxylation is 2. The number of furan rings is 1. The molecule has 1 aliphatic carbocycles. The Labute approximate surface area is 67.4 Å². The van der Waals surface area contributed by atoms with Gasteiger partial charge in [-0.3, -0.25) is 0 Å². The monoisotopic (exact) mass is 150 g/mol. The van der Waals surface area contributed by atoms with Crippen LogP contribution in [-0.4, -0.2) is 0 Å². The average molecular weight is 150 g/mol. The molecule has 0 N–H and O–H groups in total. The molecule has 1 aromatic heterocycles. The van der Waals surface area contributed by atoms with Crippen LogP contribution in [-0.2, 0) is 6.42 Å². The van der Waals surface area contributed by atoms with Gasteiger partial charge in [0.05, 0.1) is 6.26 Å². The third-order valence-electron chi connectivity index (χ3n) is 2.64. The summed E-state index contributed by atoms with van der Waals surface area (Å²) < 4.78 is 5.46. The molecule has 0 aromatic carbocycles. The van der Waals surface area contributed by atoms with Gasteiger partial charge in [0, 0.05) is 6.42 Å². The number of hydrogen-bond acceptors (Lipinski definition) is 1. The van der Waals surface area contributed by atoms with E-state index in [1.54, 1.807) is 0 Å². The van der Waals surface area contributed by atoms with Gasteiger partial charge in [0.25, 0.3) is 0 Å². The minimum absolute atomic E-state index is 0.720. The second-order valence-electron chi connectivity index (χ2n) is 3.55. The third-order valence-corrected chi connectivity index (χ3v) is 2.64. The van der Waals surface area contributed by atoms with Crippen LogP contribution in [0.2, 0.25) is 0 Å². The van der Waals surface area contributed by atoms with Crippen LogP contribution in [0.5, 0.6) is 0 Å². The maximum Gasteiger partial charge on any atom is 0.107 e. The quantitative estimate of drug-likeness (QED) is 0.554. The molecule has 11 heavy (non-hydrogen) atoms. The van der Waals surface area contributed by atoms with Crippen LogP contribution in [0, 0.1) is 6.92 Å². The summed E-state index contributed by atoms with van der Waals surface area (Å²) in [6.45, 7) is 4.44. The van der Waals surface area contributed by atoms with E-state index in [1.807, 2.05) is 6.26 Å². The predicted octanol–water partition coefficient (Wildman–Crippen LogP) is 3.03. The molecule has 1 heteroatoms. The fourth-order valence-electron chi connectivity index (χ4n) is 2.08. The Bertz CT molecular complexity index is 260. The molecule has 0 saturated heterocycles. The second-order valence-corrected chi connectivity index (χ2v) is 3.55. The standard InChI is InChI=1S/C10H14O/c1-7-4-3-5-9-10(7)8(2)6-11-9/h6-7H,3-5H2,1-2H3. The van der Waals surface area contributed by atoms with Crippen molar-refractivity contribution < 1.29 is 4.42 Å². The number of fused-ring (bicyclic) bond motifs is 1. The van der Waals surface area contributed by atoms with Gasteiger partial charge in [0.2, 0.25) is 0 Å². The summed E-state index contributed by atoms with van der Waals surface area (Å²) in [4.78, 5) is 0. The molecule has 0 saturated carbocycles. The van der Waals surface area contributed by atoms with Crippen molar-refractivity contribution in [2.75, 3.05) is 0 Å². The van der Waals surface area contributed by atoms with Gasteiger partial charge in [-0.2, -0.15) is 0 Å². The van der Waals surface area contributed by atoms with E-state index in [9.17, 15) is 0 Å². The summed E-state index contributed by atoms with van der Waals surface area (Å²) in [6.07, 6.45) is 5.66. The van der Waals surface area contributed by atoms with Gasteiger partial charge in [0.15, 0.2) is 0 Å². The first-order valence-electron chi connectivity index (χ1n) is 4.36. The largest absolute Gasteiger partial charge is 0.469 e. The van der Waals surface area contributed by atoms with E-state index in [0.29, 0.717) is 0 Å². The minimum Gasteiger partial charge on any atom is -0.469 e. The molecule has 1 atom stereocenters. The van der Waals surface area contributed by atoms with E-state index in [4.69, 9.17) is 4.42 Å². The highest BCUT2D eigenvalue weighted by atomic mass is 16.3. The van der Waals surface area contributed by atoms with E-state index in [0.717, 1.165) is 12.3 Å². The Kier molecular flexibility index (Phi) is 1.52. The zero-order chi connectivity index (χ0) is 7.84. The summed E-state index contributed by atoms with van der Waals surface area (Å²) in [7, 11) is 0. The smallest absolute Gasteiger partial charge is 0.107 e. The van der Waals surface area contributed by atoms with Gasteiger partial charge in [-0.25, -0.2) is 0 Å². The molecule has 0 aliphatic heterocycles. The first-order valence-corrected chi connectivity index (χ1v) is 4.36. The summed E-state index contributed by atoms with van der Waals surface area (Å²) >= 11 is 0. The Morgan fingerprint density at radius 1 is 1.55 bits per heavy atom. The van der Waals surface area contributed by atoms with Crippen molar-refractivity contribution in [3.8, 4) is 0 Å². The van der Waals surface area contributed by atoms with Gasteiger partial charge in [-0.1, -0.05) is 6.92 Å². The maximum absolute atomic E-state index is 5.46. The first kappa shape index (κ1) is 6.96. The molecule has 0 spiro atoms. The first-order chi connectivity index (χ1) is 5.29. The van der Waals surface area contributed by atoms with Crippen LogP contribution in [0.25, 0.3) is 0 Å². The van der Waals surface area contributed by atoms with Crippen molar-refractivity contribution >= 4 is 0 Å². The molecular formula is C10H14O. The van der Waals surface area contributed by atoms with Crippen LogP contribution in [0.4, 0.5) is 0 Å². The molecule has 0 bridgehead atoms. The lowest BCUT2D eigenvalue weighted by atomic mass is 9.87. The lowest BCUT2D eigenvalue weighted by Crippen LogP contribution is -2.04. The normalized spacial score (nSPS) is 23.3. The molecule has 1 nitrogen and oxygen atoms in total. The summed E-state index contributed by atoms with van der Waals surface area (Å²) in [5.41, 5.74) is 2.82. The zero-order valence-electron chi connectivity index (χ0n) is 7.18. The van der Waals surface area contributed by atoms with Gasteiger partial charge in [-0.05, 0) is 36.8 Å². The SMILES string of the molecule is Cc1coc2c1C(C)CCC2. The van der Waals surface area contributed by atoms with Crippen LogP contribution in [0.1, 0.15) is 42.6 Å². The van der Waals surface area contributed by atoms with Crippen molar-refractivity contribution in [1.29, 1.82) is 0 Å².